The summed E-state index contributed by atoms with van der Waals surface area (Å²) in [5, 5.41) is 5.79. The van der Waals surface area contributed by atoms with Crippen molar-refractivity contribution in [3.05, 3.63) is 63.1 Å². The maximum Gasteiger partial charge on any atom is 0.289 e. The quantitative estimate of drug-likeness (QED) is 0.666. The van der Waals surface area contributed by atoms with Crippen LogP contribution in [0.2, 0.25) is 0 Å². The molecular weight excluding hydrogens is 382 g/mol. The number of hydrogen-bond acceptors (Lipinski definition) is 5. The van der Waals surface area contributed by atoms with Gasteiger partial charge in [0.1, 0.15) is 9.77 Å². The predicted molar refractivity (Wildman–Crippen MR) is 107 cm³/mol. The standard InChI is InChI=1S/C19H21N3O3S2/c1-12-6-7-16(10-13(12)2)21(5)27(24,25)17-8-9-26-18(17)19(23)22-15(4)11-14(3)20-22/h6-11H,1-5H3. The topological polar surface area (TPSA) is 72.3 Å². The van der Waals surface area contributed by atoms with E-state index in [1.165, 1.54) is 22.1 Å². The van der Waals surface area contributed by atoms with E-state index in [1.807, 2.05) is 26.0 Å². The molecule has 0 N–H and O–H groups in total. The highest BCUT2D eigenvalue weighted by Gasteiger charge is 2.29. The van der Waals surface area contributed by atoms with Gasteiger partial charge in [-0.15, -0.1) is 11.3 Å². The highest BCUT2D eigenvalue weighted by molar-refractivity contribution is 7.93. The summed E-state index contributed by atoms with van der Waals surface area (Å²) >= 11 is 1.10. The minimum absolute atomic E-state index is 0.00854. The zero-order chi connectivity index (χ0) is 19.9. The van der Waals surface area contributed by atoms with Crippen LogP contribution in [-0.2, 0) is 10.0 Å². The third-order valence-electron chi connectivity index (χ3n) is 4.52. The Labute approximate surface area is 163 Å². The molecule has 3 aromatic rings. The molecule has 0 bridgehead atoms. The van der Waals surface area contributed by atoms with Crippen LogP contribution >= 0.6 is 11.3 Å². The van der Waals surface area contributed by atoms with Gasteiger partial charge in [-0.2, -0.15) is 5.10 Å². The molecule has 0 fully saturated rings. The number of rotatable bonds is 4. The molecule has 0 saturated carbocycles. The van der Waals surface area contributed by atoms with E-state index in [-0.39, 0.29) is 9.77 Å². The zero-order valence-electron chi connectivity index (χ0n) is 15.8. The fraction of sp³-hybridized carbons (Fsp3) is 0.263. The molecule has 8 heteroatoms. The molecule has 2 aromatic heterocycles. The Morgan fingerprint density at radius 3 is 2.37 bits per heavy atom. The molecule has 3 rings (SSSR count). The molecule has 0 aliphatic heterocycles. The van der Waals surface area contributed by atoms with Crippen molar-refractivity contribution in [2.45, 2.75) is 32.6 Å². The molecule has 0 radical (unpaired) electrons. The molecule has 1 aromatic carbocycles. The maximum absolute atomic E-state index is 13.2. The molecule has 0 aliphatic carbocycles. The molecule has 0 spiro atoms. The lowest BCUT2D eigenvalue weighted by molar-refractivity contribution is 0.0943. The first kappa shape index (κ1) is 19.3. The summed E-state index contributed by atoms with van der Waals surface area (Å²) in [4.78, 5) is 13.0. The second-order valence-electron chi connectivity index (χ2n) is 6.50. The van der Waals surface area contributed by atoms with Gasteiger partial charge in [-0.1, -0.05) is 6.07 Å². The first-order valence-electron chi connectivity index (χ1n) is 8.34. The van der Waals surface area contributed by atoms with E-state index < -0.39 is 15.9 Å². The highest BCUT2D eigenvalue weighted by atomic mass is 32.2. The summed E-state index contributed by atoms with van der Waals surface area (Å²) in [6, 6.07) is 8.71. The van der Waals surface area contributed by atoms with E-state index >= 15 is 0 Å². The van der Waals surface area contributed by atoms with Crippen LogP contribution in [0, 0.1) is 27.7 Å². The van der Waals surface area contributed by atoms with Crippen LogP contribution in [0.1, 0.15) is 32.2 Å². The van der Waals surface area contributed by atoms with Crippen LogP contribution in [-0.4, -0.2) is 31.2 Å². The average molecular weight is 404 g/mol. The Balaban J connectivity index is 2.04. The monoisotopic (exact) mass is 403 g/mol. The lowest BCUT2D eigenvalue weighted by Crippen LogP contribution is -2.28. The fourth-order valence-electron chi connectivity index (χ4n) is 2.79. The molecule has 0 atom stereocenters. The van der Waals surface area contributed by atoms with Gasteiger partial charge in [0.2, 0.25) is 0 Å². The first-order chi connectivity index (χ1) is 12.6. The molecular formula is C19H21N3O3S2. The Hall–Kier alpha value is -2.45. The number of aromatic nitrogens is 2. The van der Waals surface area contributed by atoms with Gasteiger partial charge in [0.25, 0.3) is 15.9 Å². The Kier molecular flexibility index (Phi) is 4.96. The van der Waals surface area contributed by atoms with Crippen molar-refractivity contribution in [2.75, 3.05) is 11.4 Å². The van der Waals surface area contributed by atoms with Crippen LogP contribution in [0.15, 0.2) is 40.6 Å². The molecule has 142 valence electrons. The average Bonchev–Trinajstić information content (AvgIpc) is 3.23. The number of benzene rings is 1. The van der Waals surface area contributed by atoms with Crippen molar-refractivity contribution in [3.63, 3.8) is 0 Å². The van der Waals surface area contributed by atoms with Crippen LogP contribution in [0.3, 0.4) is 0 Å². The summed E-state index contributed by atoms with van der Waals surface area (Å²) in [5.74, 6) is -0.442. The first-order valence-corrected chi connectivity index (χ1v) is 10.7. The SMILES string of the molecule is Cc1cc(C)n(C(=O)c2sccc2S(=O)(=O)N(C)c2ccc(C)c(C)c2)n1. The van der Waals surface area contributed by atoms with E-state index in [1.54, 1.807) is 31.4 Å². The van der Waals surface area contributed by atoms with Gasteiger partial charge in [-0.3, -0.25) is 9.10 Å². The second kappa shape index (κ2) is 6.94. The zero-order valence-corrected chi connectivity index (χ0v) is 17.5. The van der Waals surface area contributed by atoms with Gasteiger partial charge >= 0.3 is 0 Å². The van der Waals surface area contributed by atoms with E-state index in [0.29, 0.717) is 17.1 Å². The number of aryl methyl sites for hydroxylation is 4. The molecule has 6 nitrogen and oxygen atoms in total. The maximum atomic E-state index is 13.2. The third-order valence-corrected chi connectivity index (χ3v) is 7.38. The van der Waals surface area contributed by atoms with Gasteiger partial charge in [-0.25, -0.2) is 13.1 Å². The van der Waals surface area contributed by atoms with Crippen molar-refractivity contribution >= 4 is 33.0 Å². The summed E-state index contributed by atoms with van der Waals surface area (Å²) in [6.45, 7) is 7.45. The minimum atomic E-state index is -3.89. The van der Waals surface area contributed by atoms with Gasteiger partial charge in [0, 0.05) is 12.7 Å². The largest absolute Gasteiger partial charge is 0.289 e. The van der Waals surface area contributed by atoms with Crippen LogP contribution in [0.25, 0.3) is 0 Å². The van der Waals surface area contributed by atoms with Gasteiger partial charge < -0.3 is 0 Å². The molecule has 0 unspecified atom stereocenters. The van der Waals surface area contributed by atoms with Crippen molar-refractivity contribution < 1.29 is 13.2 Å². The van der Waals surface area contributed by atoms with Crippen LogP contribution < -0.4 is 4.31 Å². The highest BCUT2D eigenvalue weighted by Crippen LogP contribution is 2.29. The normalized spacial score (nSPS) is 11.6. The third kappa shape index (κ3) is 3.42. The predicted octanol–water partition coefficient (Wildman–Crippen LogP) is 3.69. The molecule has 0 saturated heterocycles. The van der Waals surface area contributed by atoms with Gasteiger partial charge in [0.15, 0.2) is 0 Å². The van der Waals surface area contributed by atoms with Crippen molar-refractivity contribution in [3.8, 4) is 0 Å². The molecule has 27 heavy (non-hydrogen) atoms. The summed E-state index contributed by atoms with van der Waals surface area (Å²) in [5.41, 5.74) is 4.00. The molecule has 2 heterocycles. The van der Waals surface area contributed by atoms with Crippen molar-refractivity contribution in [1.29, 1.82) is 0 Å². The number of hydrogen-bond donors (Lipinski definition) is 0. The van der Waals surface area contributed by atoms with Crippen LogP contribution in [0.4, 0.5) is 5.69 Å². The second-order valence-corrected chi connectivity index (χ2v) is 9.35. The van der Waals surface area contributed by atoms with Gasteiger partial charge in [-0.05, 0) is 68.5 Å². The van der Waals surface area contributed by atoms with Crippen LogP contribution in [0.5, 0.6) is 0 Å². The molecule has 0 amide bonds. The van der Waals surface area contributed by atoms with Crippen molar-refractivity contribution in [2.24, 2.45) is 0 Å². The number of anilines is 1. The smallest absolute Gasteiger partial charge is 0.269 e. The fourth-order valence-corrected chi connectivity index (χ4v) is 5.30. The van der Waals surface area contributed by atoms with Crippen molar-refractivity contribution in [1.82, 2.24) is 9.78 Å². The van der Waals surface area contributed by atoms with Gasteiger partial charge in [0.05, 0.1) is 11.4 Å². The van der Waals surface area contributed by atoms with E-state index in [0.717, 1.165) is 22.5 Å². The molecule has 0 aliphatic rings. The number of carbonyl (C=O) groups excluding carboxylic acids is 1. The Morgan fingerprint density at radius 2 is 1.78 bits per heavy atom. The minimum Gasteiger partial charge on any atom is -0.269 e. The number of sulfonamides is 1. The number of carbonyl (C=O) groups is 1. The summed E-state index contributed by atoms with van der Waals surface area (Å²) in [6.07, 6.45) is 0. The van der Waals surface area contributed by atoms with E-state index in [4.69, 9.17) is 0 Å². The van der Waals surface area contributed by atoms with E-state index in [9.17, 15) is 13.2 Å². The summed E-state index contributed by atoms with van der Waals surface area (Å²) < 4.78 is 28.8. The lowest BCUT2D eigenvalue weighted by Gasteiger charge is -2.20. The number of nitrogens with zero attached hydrogens (tertiary/aromatic N) is 3. The number of thiophene rings is 1. The Morgan fingerprint density at radius 1 is 1.07 bits per heavy atom. The summed E-state index contributed by atoms with van der Waals surface area (Å²) in [7, 11) is -2.39. The van der Waals surface area contributed by atoms with E-state index in [2.05, 4.69) is 5.10 Å². The Bertz CT molecular complexity index is 1130. The lowest BCUT2D eigenvalue weighted by atomic mass is 10.1.